The molecule has 0 saturated carbocycles. The van der Waals surface area contributed by atoms with Gasteiger partial charge in [0.05, 0.1) is 0 Å². The van der Waals surface area contributed by atoms with Gasteiger partial charge in [0.15, 0.2) is 0 Å². The molecule has 0 aliphatic heterocycles. The van der Waals surface area contributed by atoms with Gasteiger partial charge in [0.2, 0.25) is 0 Å². The second kappa shape index (κ2) is 8.17. The van der Waals surface area contributed by atoms with Crippen LogP contribution in [-0.2, 0) is 4.79 Å². The molecule has 1 aliphatic carbocycles. The second-order valence-electron chi connectivity index (χ2n) is 6.86. The van der Waals surface area contributed by atoms with Gasteiger partial charge in [0, 0.05) is 0 Å². The minimum atomic E-state index is 0.304. The summed E-state index contributed by atoms with van der Waals surface area (Å²) in [5.41, 5.74) is 5.73. The third-order valence-electron chi connectivity index (χ3n) is 4.37. The zero-order valence-corrected chi connectivity index (χ0v) is 14.3. The van der Waals surface area contributed by atoms with Crippen LogP contribution in [0.25, 0.3) is 0 Å². The van der Waals surface area contributed by atoms with Gasteiger partial charge in [0.25, 0.3) is 0 Å². The van der Waals surface area contributed by atoms with Crippen molar-refractivity contribution in [1.29, 1.82) is 0 Å². The van der Waals surface area contributed by atoms with E-state index in [4.69, 9.17) is 0 Å². The Morgan fingerprint density at radius 1 is 1.33 bits per heavy atom. The van der Waals surface area contributed by atoms with Crippen molar-refractivity contribution in [2.24, 2.45) is 5.41 Å². The summed E-state index contributed by atoms with van der Waals surface area (Å²) in [6, 6.07) is 0. The van der Waals surface area contributed by atoms with Gasteiger partial charge in [-0.15, -0.1) is 6.92 Å². The third kappa shape index (κ3) is 5.87. The lowest BCUT2D eigenvalue weighted by atomic mass is 9.72. The van der Waals surface area contributed by atoms with Gasteiger partial charge in [-0.3, -0.25) is 0 Å². The first kappa shape index (κ1) is 17.7. The van der Waals surface area contributed by atoms with E-state index in [0.29, 0.717) is 5.41 Å². The van der Waals surface area contributed by atoms with Gasteiger partial charge < -0.3 is 4.79 Å². The minimum Gasteiger partial charge on any atom is -0.419 e. The van der Waals surface area contributed by atoms with Crippen molar-refractivity contribution >= 4 is 6.29 Å². The number of allylic oxidation sites excluding steroid dienone is 8. The molecular weight excluding hydrogens is 256 g/mol. The van der Waals surface area contributed by atoms with Crippen LogP contribution in [-0.4, -0.2) is 6.29 Å². The summed E-state index contributed by atoms with van der Waals surface area (Å²) in [5, 5.41) is 0. The summed E-state index contributed by atoms with van der Waals surface area (Å²) < 4.78 is 0. The van der Waals surface area contributed by atoms with Crippen LogP contribution in [0.3, 0.4) is 0 Å². The Kier molecular flexibility index (Phi) is 6.87. The summed E-state index contributed by atoms with van der Waals surface area (Å²) in [6.45, 7) is 11.1. The van der Waals surface area contributed by atoms with Crippen molar-refractivity contribution in [3.05, 3.63) is 46.6 Å². The van der Waals surface area contributed by atoms with E-state index >= 15 is 0 Å². The smallest absolute Gasteiger partial charge is 0.0104 e. The van der Waals surface area contributed by atoms with E-state index in [1.54, 1.807) is 0 Å². The van der Waals surface area contributed by atoms with Crippen LogP contribution in [0.2, 0.25) is 0 Å². The first-order valence-electron chi connectivity index (χ1n) is 7.95. The Balaban J connectivity index is 2.67. The first-order valence-corrected chi connectivity index (χ1v) is 7.95. The van der Waals surface area contributed by atoms with Crippen molar-refractivity contribution in [3.63, 3.8) is 0 Å². The van der Waals surface area contributed by atoms with Gasteiger partial charge in [-0.1, -0.05) is 49.6 Å². The molecule has 21 heavy (non-hydrogen) atoms. The molecule has 0 aromatic carbocycles. The first-order chi connectivity index (χ1) is 9.86. The Morgan fingerprint density at radius 3 is 2.67 bits per heavy atom. The van der Waals surface area contributed by atoms with Crippen LogP contribution < -0.4 is 0 Å². The number of hydrogen-bond donors (Lipinski definition) is 0. The molecule has 1 nitrogen and oxygen atoms in total. The van der Waals surface area contributed by atoms with Crippen LogP contribution in [0.15, 0.2) is 46.6 Å². The Morgan fingerprint density at radius 2 is 2.05 bits per heavy atom. The van der Waals surface area contributed by atoms with Crippen molar-refractivity contribution < 1.29 is 4.79 Å². The van der Waals surface area contributed by atoms with E-state index in [0.717, 1.165) is 18.4 Å². The van der Waals surface area contributed by atoms with Gasteiger partial charge in [-0.05, 0) is 56.8 Å². The highest BCUT2D eigenvalue weighted by Crippen LogP contribution is 2.40. The SMILES string of the molecule is CC1=C(/C=C/C(C)=C/CC/C(C)=C/[C-]=O)C(C)(C)CCC1. The quantitative estimate of drug-likeness (QED) is 0.340. The van der Waals surface area contributed by atoms with Crippen molar-refractivity contribution in [3.8, 4) is 0 Å². The number of rotatable bonds is 6. The molecule has 1 rings (SSSR count). The van der Waals surface area contributed by atoms with Gasteiger partial charge in [-0.2, -0.15) is 6.08 Å². The Bertz CT molecular complexity index is 484. The van der Waals surface area contributed by atoms with Crippen LogP contribution in [0.1, 0.15) is 66.7 Å². The zero-order valence-electron chi connectivity index (χ0n) is 14.3. The maximum atomic E-state index is 10.2. The topological polar surface area (TPSA) is 17.1 Å². The van der Waals surface area contributed by atoms with Gasteiger partial charge in [-0.25, -0.2) is 5.57 Å². The van der Waals surface area contributed by atoms with E-state index in [9.17, 15) is 4.79 Å². The van der Waals surface area contributed by atoms with Crippen LogP contribution in [0, 0.1) is 5.41 Å². The maximum absolute atomic E-state index is 10.2. The molecule has 0 atom stereocenters. The standard InChI is InChI=1S/C20H29O/c1-16(8-6-9-17(2)13-15-21)11-12-19-18(3)10-7-14-20(19,4)5/h8,11-13H,6-7,9-10,14H2,1-5H3/q-1/b12-11+,16-8+,17-13+. The Labute approximate surface area is 130 Å². The molecule has 0 fully saturated rings. The molecule has 0 heterocycles. The fraction of sp³-hybridized carbons (Fsp3) is 0.550. The summed E-state index contributed by atoms with van der Waals surface area (Å²) >= 11 is 0. The van der Waals surface area contributed by atoms with Crippen molar-refractivity contribution in [2.45, 2.75) is 66.7 Å². The molecule has 1 aliphatic rings. The summed E-state index contributed by atoms with van der Waals surface area (Å²) in [5.74, 6) is 0. The average Bonchev–Trinajstić information content (AvgIpc) is 2.37. The van der Waals surface area contributed by atoms with E-state index in [2.05, 4.69) is 45.9 Å². The number of hydrogen-bond acceptors (Lipinski definition) is 1. The third-order valence-corrected chi connectivity index (χ3v) is 4.37. The lowest BCUT2D eigenvalue weighted by molar-refractivity contribution is 0.377. The van der Waals surface area contributed by atoms with E-state index in [1.807, 2.05) is 13.2 Å². The van der Waals surface area contributed by atoms with Crippen LogP contribution >= 0.6 is 0 Å². The fourth-order valence-corrected chi connectivity index (χ4v) is 2.99. The molecular formula is C20H29O-. The maximum Gasteiger partial charge on any atom is -0.0104 e. The lowest BCUT2D eigenvalue weighted by Crippen LogP contribution is -2.19. The predicted octanol–water partition coefficient (Wildman–Crippen LogP) is 5.85. The zero-order chi connectivity index (χ0) is 15.9. The summed E-state index contributed by atoms with van der Waals surface area (Å²) in [7, 11) is 0. The monoisotopic (exact) mass is 285 g/mol. The molecule has 0 aromatic heterocycles. The van der Waals surface area contributed by atoms with Crippen molar-refractivity contribution in [1.82, 2.24) is 0 Å². The largest absolute Gasteiger partial charge is 0.419 e. The molecule has 0 aromatic rings. The van der Waals surface area contributed by atoms with Crippen molar-refractivity contribution in [2.75, 3.05) is 0 Å². The van der Waals surface area contributed by atoms with E-state index in [-0.39, 0.29) is 0 Å². The normalized spacial score (nSPS) is 20.2. The van der Waals surface area contributed by atoms with Gasteiger partial charge in [0.1, 0.15) is 0 Å². The highest BCUT2D eigenvalue weighted by atomic mass is 16.1. The van der Waals surface area contributed by atoms with Crippen LogP contribution in [0.4, 0.5) is 0 Å². The molecule has 0 unspecified atom stereocenters. The molecule has 0 radical (unpaired) electrons. The molecule has 0 N–H and O–H groups in total. The highest BCUT2D eigenvalue weighted by Gasteiger charge is 2.26. The molecule has 0 amide bonds. The number of carbonyl (C=O) groups excluding carboxylic acids is 1. The molecule has 1 heteroatoms. The Hall–Kier alpha value is -1.37. The molecule has 116 valence electrons. The highest BCUT2D eigenvalue weighted by molar-refractivity contribution is 5.66. The predicted molar refractivity (Wildman–Crippen MR) is 91.9 cm³/mol. The average molecular weight is 285 g/mol. The second-order valence-corrected chi connectivity index (χ2v) is 6.86. The summed E-state index contributed by atoms with van der Waals surface area (Å²) in [4.78, 5) is 10.2. The summed E-state index contributed by atoms with van der Waals surface area (Å²) in [6.07, 6.45) is 15.9. The van der Waals surface area contributed by atoms with Crippen LogP contribution in [0.5, 0.6) is 0 Å². The molecule has 0 saturated heterocycles. The molecule has 0 bridgehead atoms. The minimum absolute atomic E-state index is 0.304. The van der Waals surface area contributed by atoms with E-state index in [1.165, 1.54) is 42.1 Å². The molecule has 0 spiro atoms. The van der Waals surface area contributed by atoms with E-state index < -0.39 is 0 Å². The lowest BCUT2D eigenvalue weighted by Gasteiger charge is -2.32. The fourth-order valence-electron chi connectivity index (χ4n) is 2.99. The van der Waals surface area contributed by atoms with Gasteiger partial charge >= 0.3 is 0 Å².